The predicted octanol–water partition coefficient (Wildman–Crippen LogP) is 5.94. The van der Waals surface area contributed by atoms with Gasteiger partial charge in [-0.15, -0.1) is 11.8 Å². The third-order valence-corrected chi connectivity index (χ3v) is 5.57. The number of anilines is 2. The maximum absolute atomic E-state index is 12.8. The van der Waals surface area contributed by atoms with E-state index in [1.165, 1.54) is 11.8 Å². The van der Waals surface area contributed by atoms with Crippen LogP contribution in [0, 0.1) is 13.8 Å². The zero-order valence-electron chi connectivity index (χ0n) is 16.2. The van der Waals surface area contributed by atoms with Crippen LogP contribution in [0.4, 0.5) is 11.4 Å². The van der Waals surface area contributed by atoms with Crippen molar-refractivity contribution < 1.29 is 9.59 Å². The summed E-state index contributed by atoms with van der Waals surface area (Å²) in [5.41, 5.74) is 4.00. The SMILES string of the molecule is Cc1ccc(NC(=O)CSc2ccccc2C(=O)Nc2ccc(Cl)cc2C)cc1. The number of rotatable bonds is 6. The molecule has 0 saturated carbocycles. The van der Waals surface area contributed by atoms with Crippen LogP contribution in [0.5, 0.6) is 0 Å². The Bertz CT molecular complexity index is 1040. The van der Waals surface area contributed by atoms with Gasteiger partial charge in [-0.05, 0) is 61.9 Å². The van der Waals surface area contributed by atoms with Crippen molar-refractivity contribution in [2.45, 2.75) is 18.7 Å². The van der Waals surface area contributed by atoms with E-state index in [2.05, 4.69) is 10.6 Å². The fraction of sp³-hybridized carbons (Fsp3) is 0.130. The molecule has 2 N–H and O–H groups in total. The highest BCUT2D eigenvalue weighted by molar-refractivity contribution is 8.00. The van der Waals surface area contributed by atoms with Gasteiger partial charge in [0.1, 0.15) is 0 Å². The highest BCUT2D eigenvalue weighted by Crippen LogP contribution is 2.25. The number of halogens is 1. The summed E-state index contributed by atoms with van der Waals surface area (Å²) in [5.74, 6) is -0.141. The van der Waals surface area contributed by atoms with Crippen LogP contribution < -0.4 is 10.6 Å². The first-order valence-electron chi connectivity index (χ1n) is 9.08. The van der Waals surface area contributed by atoms with Crippen molar-refractivity contribution in [1.29, 1.82) is 0 Å². The molecule has 0 heterocycles. The van der Waals surface area contributed by atoms with Crippen molar-refractivity contribution in [3.05, 3.63) is 88.4 Å². The molecule has 148 valence electrons. The molecule has 0 unspecified atom stereocenters. The summed E-state index contributed by atoms with van der Waals surface area (Å²) in [7, 11) is 0. The molecule has 0 saturated heterocycles. The lowest BCUT2D eigenvalue weighted by Crippen LogP contribution is -2.16. The van der Waals surface area contributed by atoms with E-state index in [1.807, 2.05) is 50.2 Å². The molecule has 0 aliphatic carbocycles. The molecule has 0 radical (unpaired) electrons. The highest BCUT2D eigenvalue weighted by Gasteiger charge is 2.14. The van der Waals surface area contributed by atoms with Crippen LogP contribution in [0.15, 0.2) is 71.6 Å². The number of amides is 2. The molecule has 0 fully saturated rings. The molecule has 0 spiro atoms. The maximum Gasteiger partial charge on any atom is 0.256 e. The van der Waals surface area contributed by atoms with E-state index >= 15 is 0 Å². The molecule has 4 nitrogen and oxygen atoms in total. The first-order valence-corrected chi connectivity index (χ1v) is 10.4. The van der Waals surface area contributed by atoms with Gasteiger partial charge in [-0.3, -0.25) is 9.59 Å². The summed E-state index contributed by atoms with van der Waals surface area (Å²) >= 11 is 7.31. The van der Waals surface area contributed by atoms with Crippen LogP contribution >= 0.6 is 23.4 Å². The van der Waals surface area contributed by atoms with Crippen molar-refractivity contribution in [3.8, 4) is 0 Å². The molecular formula is C23H21ClN2O2S. The molecule has 2 amide bonds. The summed E-state index contributed by atoms with van der Waals surface area (Å²) in [4.78, 5) is 25.8. The van der Waals surface area contributed by atoms with Crippen LogP contribution in [0.25, 0.3) is 0 Å². The smallest absolute Gasteiger partial charge is 0.256 e. The zero-order valence-corrected chi connectivity index (χ0v) is 17.7. The average Bonchev–Trinajstić information content (AvgIpc) is 2.70. The topological polar surface area (TPSA) is 58.2 Å². The van der Waals surface area contributed by atoms with Crippen molar-refractivity contribution in [2.24, 2.45) is 0 Å². The fourth-order valence-corrected chi connectivity index (χ4v) is 3.79. The second-order valence-corrected chi connectivity index (χ2v) is 8.07. The molecule has 0 bridgehead atoms. The maximum atomic E-state index is 12.8. The number of hydrogen-bond acceptors (Lipinski definition) is 3. The third-order valence-electron chi connectivity index (χ3n) is 4.26. The minimum atomic E-state index is -0.225. The monoisotopic (exact) mass is 424 g/mol. The van der Waals surface area contributed by atoms with E-state index in [-0.39, 0.29) is 17.6 Å². The normalized spacial score (nSPS) is 10.4. The first-order chi connectivity index (χ1) is 13.9. The van der Waals surface area contributed by atoms with Crippen molar-refractivity contribution >= 4 is 46.6 Å². The molecule has 0 atom stereocenters. The summed E-state index contributed by atoms with van der Waals surface area (Å²) < 4.78 is 0. The Hall–Kier alpha value is -2.76. The van der Waals surface area contributed by atoms with Crippen LogP contribution in [-0.4, -0.2) is 17.6 Å². The number of aryl methyl sites for hydroxylation is 2. The summed E-state index contributed by atoms with van der Waals surface area (Å²) in [6, 6.07) is 20.2. The molecule has 29 heavy (non-hydrogen) atoms. The lowest BCUT2D eigenvalue weighted by Gasteiger charge is -2.12. The minimum absolute atomic E-state index is 0.123. The van der Waals surface area contributed by atoms with Gasteiger partial charge in [0.15, 0.2) is 0 Å². The van der Waals surface area contributed by atoms with Gasteiger partial charge in [-0.25, -0.2) is 0 Å². The Labute approximate surface area is 179 Å². The third kappa shape index (κ3) is 5.86. The molecule has 0 aliphatic rings. The number of carbonyl (C=O) groups is 2. The van der Waals surface area contributed by atoms with Gasteiger partial charge in [0.2, 0.25) is 5.91 Å². The number of hydrogen-bond donors (Lipinski definition) is 2. The van der Waals surface area contributed by atoms with Gasteiger partial charge in [0, 0.05) is 21.3 Å². The number of benzene rings is 3. The highest BCUT2D eigenvalue weighted by atomic mass is 35.5. The first kappa shape index (κ1) is 21.0. The number of carbonyl (C=O) groups excluding carboxylic acids is 2. The van der Waals surface area contributed by atoms with E-state index in [0.29, 0.717) is 16.3 Å². The molecule has 3 aromatic rings. The Morgan fingerprint density at radius 1 is 0.931 bits per heavy atom. The zero-order chi connectivity index (χ0) is 20.8. The molecular weight excluding hydrogens is 404 g/mol. The summed E-state index contributed by atoms with van der Waals surface area (Å²) in [6.45, 7) is 3.88. The van der Waals surface area contributed by atoms with Gasteiger partial charge in [-0.1, -0.05) is 41.4 Å². The van der Waals surface area contributed by atoms with Gasteiger partial charge < -0.3 is 10.6 Å². The Morgan fingerprint density at radius 3 is 2.38 bits per heavy atom. The second-order valence-electron chi connectivity index (χ2n) is 6.61. The number of nitrogens with one attached hydrogen (secondary N) is 2. The lowest BCUT2D eigenvalue weighted by atomic mass is 10.1. The summed E-state index contributed by atoms with van der Waals surface area (Å²) in [6.07, 6.45) is 0. The van der Waals surface area contributed by atoms with E-state index < -0.39 is 0 Å². The molecule has 0 aromatic heterocycles. The quantitative estimate of drug-likeness (QED) is 0.481. The van der Waals surface area contributed by atoms with Gasteiger partial charge in [-0.2, -0.15) is 0 Å². The fourth-order valence-electron chi connectivity index (χ4n) is 2.71. The van der Waals surface area contributed by atoms with Gasteiger partial charge in [0.05, 0.1) is 11.3 Å². The molecule has 0 aliphatic heterocycles. The second kappa shape index (κ2) is 9.63. The predicted molar refractivity (Wildman–Crippen MR) is 121 cm³/mol. The number of thioether (sulfide) groups is 1. The van der Waals surface area contributed by atoms with E-state index in [0.717, 1.165) is 21.7 Å². The Balaban J connectivity index is 1.65. The largest absolute Gasteiger partial charge is 0.325 e. The van der Waals surface area contributed by atoms with Crippen LogP contribution in [0.3, 0.4) is 0 Å². The lowest BCUT2D eigenvalue weighted by molar-refractivity contribution is -0.113. The molecule has 6 heteroatoms. The minimum Gasteiger partial charge on any atom is -0.325 e. The Morgan fingerprint density at radius 2 is 1.66 bits per heavy atom. The van der Waals surface area contributed by atoms with Crippen LogP contribution in [-0.2, 0) is 4.79 Å². The van der Waals surface area contributed by atoms with Gasteiger partial charge >= 0.3 is 0 Å². The molecule has 3 aromatic carbocycles. The average molecular weight is 425 g/mol. The van der Waals surface area contributed by atoms with Gasteiger partial charge in [0.25, 0.3) is 5.91 Å². The van der Waals surface area contributed by atoms with Crippen molar-refractivity contribution in [2.75, 3.05) is 16.4 Å². The van der Waals surface area contributed by atoms with Crippen molar-refractivity contribution in [1.82, 2.24) is 0 Å². The van der Waals surface area contributed by atoms with E-state index in [4.69, 9.17) is 11.6 Å². The standard InChI is InChI=1S/C23H21ClN2O2S/c1-15-7-10-18(11-8-15)25-22(27)14-29-21-6-4-3-5-19(21)23(28)26-20-12-9-17(24)13-16(20)2/h3-13H,14H2,1-2H3,(H,25,27)(H,26,28). The van der Waals surface area contributed by atoms with E-state index in [9.17, 15) is 9.59 Å². The summed E-state index contributed by atoms with van der Waals surface area (Å²) in [5, 5.41) is 6.40. The van der Waals surface area contributed by atoms with Crippen molar-refractivity contribution in [3.63, 3.8) is 0 Å². The molecule has 3 rings (SSSR count). The van der Waals surface area contributed by atoms with E-state index in [1.54, 1.807) is 30.3 Å². The Kier molecular flexibility index (Phi) is 6.96. The van der Waals surface area contributed by atoms with Crippen LogP contribution in [0.2, 0.25) is 5.02 Å². The van der Waals surface area contributed by atoms with Crippen LogP contribution in [0.1, 0.15) is 21.5 Å².